The zero-order valence-corrected chi connectivity index (χ0v) is 13.6. The third-order valence-corrected chi connectivity index (χ3v) is 4.65. The summed E-state index contributed by atoms with van der Waals surface area (Å²) in [5, 5.41) is 12.9. The zero-order chi connectivity index (χ0) is 15.0. The number of aliphatic hydroxyl groups is 1. The molecule has 21 heavy (non-hydrogen) atoms. The van der Waals surface area contributed by atoms with Crippen LogP contribution in [0.5, 0.6) is 0 Å². The van der Waals surface area contributed by atoms with E-state index in [9.17, 15) is 9.50 Å². The van der Waals surface area contributed by atoms with Crippen LogP contribution in [0.1, 0.15) is 22.8 Å². The van der Waals surface area contributed by atoms with Gasteiger partial charge in [-0.1, -0.05) is 42.5 Å². The molecule has 0 saturated heterocycles. The van der Waals surface area contributed by atoms with Crippen LogP contribution in [0, 0.1) is 16.3 Å². The monoisotopic (exact) mass is 392 g/mol. The van der Waals surface area contributed by atoms with Crippen molar-refractivity contribution in [3.63, 3.8) is 0 Å². The minimum Gasteiger partial charge on any atom is -0.384 e. The van der Waals surface area contributed by atoms with E-state index in [4.69, 9.17) is 0 Å². The predicted molar refractivity (Wildman–Crippen MR) is 91.9 cm³/mol. The van der Waals surface area contributed by atoms with E-state index in [0.29, 0.717) is 0 Å². The second-order valence-corrected chi connectivity index (χ2v) is 6.25. The molecule has 3 aromatic carbocycles. The van der Waals surface area contributed by atoms with Crippen molar-refractivity contribution in [1.29, 1.82) is 0 Å². The quantitative estimate of drug-likeness (QED) is 0.611. The molecule has 0 aliphatic carbocycles. The maximum absolute atomic E-state index is 13.3. The van der Waals surface area contributed by atoms with E-state index in [2.05, 4.69) is 28.7 Å². The molecule has 106 valence electrons. The van der Waals surface area contributed by atoms with Crippen molar-refractivity contribution in [2.24, 2.45) is 0 Å². The Labute approximate surface area is 136 Å². The average molecular weight is 392 g/mol. The molecule has 0 bridgehead atoms. The summed E-state index contributed by atoms with van der Waals surface area (Å²) in [6.07, 6.45) is -0.761. The molecule has 0 fully saturated rings. The Hall–Kier alpha value is -1.46. The van der Waals surface area contributed by atoms with Gasteiger partial charge >= 0.3 is 0 Å². The zero-order valence-electron chi connectivity index (χ0n) is 11.5. The molecule has 1 atom stereocenters. The summed E-state index contributed by atoms with van der Waals surface area (Å²) in [6.45, 7) is 1.99. The van der Waals surface area contributed by atoms with Crippen LogP contribution in [0.4, 0.5) is 4.39 Å². The summed E-state index contributed by atoms with van der Waals surface area (Å²) in [7, 11) is 0. The van der Waals surface area contributed by atoms with Crippen LogP contribution >= 0.6 is 22.6 Å². The highest BCUT2D eigenvalue weighted by atomic mass is 127. The maximum atomic E-state index is 13.3. The van der Waals surface area contributed by atoms with Crippen molar-refractivity contribution in [2.75, 3.05) is 0 Å². The van der Waals surface area contributed by atoms with E-state index >= 15 is 0 Å². The predicted octanol–water partition coefficient (Wildman–Crippen LogP) is 4.97. The van der Waals surface area contributed by atoms with Crippen LogP contribution < -0.4 is 0 Å². The first kappa shape index (κ1) is 14.5. The fourth-order valence-electron chi connectivity index (χ4n) is 2.65. The number of hydrogen-bond acceptors (Lipinski definition) is 1. The molecule has 0 spiro atoms. The molecule has 0 heterocycles. The third-order valence-electron chi connectivity index (χ3n) is 3.72. The topological polar surface area (TPSA) is 20.2 Å². The van der Waals surface area contributed by atoms with Crippen LogP contribution in [-0.2, 0) is 0 Å². The van der Waals surface area contributed by atoms with E-state index in [1.54, 1.807) is 6.07 Å². The second-order valence-electron chi connectivity index (χ2n) is 5.09. The van der Waals surface area contributed by atoms with Gasteiger partial charge in [-0.15, -0.1) is 0 Å². The summed E-state index contributed by atoms with van der Waals surface area (Å²) in [6, 6.07) is 16.5. The van der Waals surface area contributed by atoms with Crippen molar-refractivity contribution in [1.82, 2.24) is 0 Å². The van der Waals surface area contributed by atoms with Crippen LogP contribution in [0.25, 0.3) is 10.8 Å². The number of benzene rings is 3. The molecule has 3 heteroatoms. The highest BCUT2D eigenvalue weighted by molar-refractivity contribution is 14.1. The lowest BCUT2D eigenvalue weighted by Gasteiger charge is -2.18. The van der Waals surface area contributed by atoms with Crippen molar-refractivity contribution in [3.8, 4) is 0 Å². The number of halogens is 2. The Morgan fingerprint density at radius 1 is 1.05 bits per heavy atom. The molecular formula is C18H14FIO. The fourth-order valence-corrected chi connectivity index (χ4v) is 3.42. The van der Waals surface area contributed by atoms with Crippen LogP contribution in [0.3, 0.4) is 0 Å². The number of rotatable bonds is 2. The first-order chi connectivity index (χ1) is 10.1. The Bertz CT molecular complexity index is 813. The van der Waals surface area contributed by atoms with E-state index in [1.165, 1.54) is 12.1 Å². The molecule has 0 radical (unpaired) electrons. The summed E-state index contributed by atoms with van der Waals surface area (Å²) in [4.78, 5) is 0. The Balaban J connectivity index is 2.21. The van der Waals surface area contributed by atoms with Gasteiger partial charge in [0, 0.05) is 3.57 Å². The van der Waals surface area contributed by atoms with Crippen LogP contribution in [0.15, 0.2) is 54.6 Å². The molecule has 1 nitrogen and oxygen atoms in total. The van der Waals surface area contributed by atoms with Gasteiger partial charge in [-0.25, -0.2) is 4.39 Å². The van der Waals surface area contributed by atoms with Crippen LogP contribution in [-0.4, -0.2) is 5.11 Å². The van der Waals surface area contributed by atoms with E-state index in [1.807, 2.05) is 37.3 Å². The maximum Gasteiger partial charge on any atom is 0.124 e. The van der Waals surface area contributed by atoms with Gasteiger partial charge in [-0.2, -0.15) is 0 Å². The van der Waals surface area contributed by atoms with E-state index in [0.717, 1.165) is 31.0 Å². The number of aryl methyl sites for hydroxylation is 1. The van der Waals surface area contributed by atoms with Crippen molar-refractivity contribution in [3.05, 3.63) is 80.7 Å². The number of hydrogen-bond donors (Lipinski definition) is 1. The molecule has 0 aliphatic rings. The van der Waals surface area contributed by atoms with Crippen molar-refractivity contribution >= 4 is 33.4 Å². The summed E-state index contributed by atoms with van der Waals surface area (Å²) in [5.74, 6) is -0.287. The molecule has 1 unspecified atom stereocenters. The van der Waals surface area contributed by atoms with Gasteiger partial charge in [0.2, 0.25) is 0 Å². The lowest BCUT2D eigenvalue weighted by atomic mass is 9.92. The van der Waals surface area contributed by atoms with Gasteiger partial charge in [-0.05, 0) is 69.1 Å². The molecule has 0 saturated carbocycles. The molecule has 0 aliphatic heterocycles. The standard InChI is InChI=1S/C18H14FIO/c1-11-6-7-12-4-2-3-5-14(12)17(11)18(21)15-9-8-13(19)10-16(15)20/h2-10,18,21H,1H3. The minimum atomic E-state index is -0.761. The average Bonchev–Trinajstić information content (AvgIpc) is 2.46. The number of aliphatic hydroxyl groups excluding tert-OH is 1. The summed E-state index contributed by atoms with van der Waals surface area (Å²) in [5.41, 5.74) is 2.65. The molecular weight excluding hydrogens is 378 g/mol. The first-order valence-corrected chi connectivity index (χ1v) is 7.77. The molecule has 3 rings (SSSR count). The van der Waals surface area contributed by atoms with Gasteiger partial charge in [-0.3, -0.25) is 0 Å². The molecule has 0 aromatic heterocycles. The van der Waals surface area contributed by atoms with E-state index < -0.39 is 6.10 Å². The van der Waals surface area contributed by atoms with Gasteiger partial charge in [0.05, 0.1) is 0 Å². The van der Waals surface area contributed by atoms with Crippen LogP contribution in [0.2, 0.25) is 0 Å². The fraction of sp³-hybridized carbons (Fsp3) is 0.111. The Kier molecular flexibility index (Phi) is 3.95. The normalized spacial score (nSPS) is 12.6. The smallest absolute Gasteiger partial charge is 0.124 e. The second kappa shape index (κ2) is 5.73. The molecule has 1 N–H and O–H groups in total. The van der Waals surface area contributed by atoms with Gasteiger partial charge in [0.25, 0.3) is 0 Å². The largest absolute Gasteiger partial charge is 0.384 e. The Morgan fingerprint density at radius 3 is 2.57 bits per heavy atom. The third kappa shape index (κ3) is 2.68. The van der Waals surface area contributed by atoms with Crippen molar-refractivity contribution in [2.45, 2.75) is 13.0 Å². The Morgan fingerprint density at radius 2 is 1.81 bits per heavy atom. The molecule has 0 amide bonds. The van der Waals surface area contributed by atoms with Gasteiger partial charge in [0.1, 0.15) is 11.9 Å². The van der Waals surface area contributed by atoms with E-state index in [-0.39, 0.29) is 5.82 Å². The van der Waals surface area contributed by atoms with Crippen molar-refractivity contribution < 1.29 is 9.50 Å². The molecule has 3 aromatic rings. The highest BCUT2D eigenvalue weighted by Gasteiger charge is 2.18. The minimum absolute atomic E-state index is 0.287. The highest BCUT2D eigenvalue weighted by Crippen LogP contribution is 2.33. The lowest BCUT2D eigenvalue weighted by molar-refractivity contribution is 0.220. The SMILES string of the molecule is Cc1ccc2ccccc2c1C(O)c1ccc(F)cc1I. The van der Waals surface area contributed by atoms with Gasteiger partial charge < -0.3 is 5.11 Å². The first-order valence-electron chi connectivity index (χ1n) is 6.69. The summed E-state index contributed by atoms with van der Waals surface area (Å²) < 4.78 is 14.0. The lowest BCUT2D eigenvalue weighted by Crippen LogP contribution is -2.05. The van der Waals surface area contributed by atoms with Gasteiger partial charge in [0.15, 0.2) is 0 Å². The summed E-state index contributed by atoms with van der Waals surface area (Å²) >= 11 is 2.06. The number of fused-ring (bicyclic) bond motifs is 1.